The second-order valence-electron chi connectivity index (χ2n) is 6.44. The van der Waals surface area contributed by atoms with Gasteiger partial charge in [0.15, 0.2) is 0 Å². The van der Waals surface area contributed by atoms with Crippen molar-refractivity contribution in [2.75, 3.05) is 38.2 Å². The van der Waals surface area contributed by atoms with Crippen molar-refractivity contribution >= 4 is 23.0 Å². The summed E-state index contributed by atoms with van der Waals surface area (Å²) in [7, 11) is 0. The van der Waals surface area contributed by atoms with E-state index in [1.165, 1.54) is 17.7 Å². The van der Waals surface area contributed by atoms with Gasteiger partial charge in [-0.1, -0.05) is 41.4 Å². The van der Waals surface area contributed by atoms with Gasteiger partial charge in [0.1, 0.15) is 0 Å². The fourth-order valence-electron chi connectivity index (χ4n) is 3.00. The number of rotatable bonds is 6. The average molecular weight is 376 g/mol. The van der Waals surface area contributed by atoms with Crippen LogP contribution < -0.4 is 5.32 Å². The van der Waals surface area contributed by atoms with E-state index in [1.807, 2.05) is 0 Å². The molecule has 0 aliphatic carbocycles. The Kier molecular flexibility index (Phi) is 6.08. The van der Waals surface area contributed by atoms with Crippen molar-refractivity contribution in [3.63, 3.8) is 0 Å². The zero-order chi connectivity index (χ0) is 18.5. The van der Waals surface area contributed by atoms with E-state index >= 15 is 0 Å². The quantitative estimate of drug-likeness (QED) is 0.609. The number of halogens is 1. The number of anilines is 1. The first-order valence-electron chi connectivity index (χ1n) is 8.60. The molecule has 1 aliphatic heterocycles. The van der Waals surface area contributed by atoms with Gasteiger partial charge in [-0.05, 0) is 18.6 Å². The van der Waals surface area contributed by atoms with Gasteiger partial charge in [-0.3, -0.25) is 15.0 Å². The van der Waals surface area contributed by atoms with E-state index in [0.717, 1.165) is 38.4 Å². The highest BCUT2D eigenvalue weighted by molar-refractivity contribution is 6.33. The predicted octanol–water partition coefficient (Wildman–Crippen LogP) is 4.04. The molecule has 3 rings (SSSR count). The average Bonchev–Trinajstić information content (AvgIpc) is 2.64. The minimum absolute atomic E-state index is 0.0133. The van der Waals surface area contributed by atoms with E-state index in [0.29, 0.717) is 10.7 Å². The first-order valence-corrected chi connectivity index (χ1v) is 8.98. The molecule has 138 valence electrons. The SMILES string of the molecule is Cc1ccc([C@@H](CN2CCOCC2)Nc2ccc([N+](=O)[O-])cc2Cl)cc1. The number of hydrogen-bond donors (Lipinski definition) is 1. The maximum absolute atomic E-state index is 10.9. The molecule has 7 heteroatoms. The standard InChI is InChI=1S/C19H22ClN3O3/c1-14-2-4-15(5-3-14)19(13-22-8-10-26-11-9-22)21-18-7-6-16(23(24)25)12-17(18)20/h2-7,12,19,21H,8-11,13H2,1H3/t19-/m1/s1. The normalized spacial score (nSPS) is 16.2. The summed E-state index contributed by atoms with van der Waals surface area (Å²) in [6.45, 7) is 6.11. The molecule has 1 atom stereocenters. The van der Waals surface area contributed by atoms with Crippen LogP contribution in [0.5, 0.6) is 0 Å². The van der Waals surface area contributed by atoms with Gasteiger partial charge in [-0.25, -0.2) is 0 Å². The number of benzene rings is 2. The van der Waals surface area contributed by atoms with Crippen molar-refractivity contribution < 1.29 is 9.66 Å². The monoisotopic (exact) mass is 375 g/mol. The van der Waals surface area contributed by atoms with Crippen molar-refractivity contribution in [3.05, 3.63) is 68.7 Å². The molecule has 0 bridgehead atoms. The highest BCUT2D eigenvalue weighted by Gasteiger charge is 2.20. The van der Waals surface area contributed by atoms with Gasteiger partial charge in [0.2, 0.25) is 0 Å². The van der Waals surface area contributed by atoms with Crippen LogP contribution in [0.4, 0.5) is 11.4 Å². The highest BCUT2D eigenvalue weighted by Crippen LogP contribution is 2.30. The second kappa shape index (κ2) is 8.49. The summed E-state index contributed by atoms with van der Waals surface area (Å²) < 4.78 is 5.43. The number of hydrogen-bond acceptors (Lipinski definition) is 5. The Morgan fingerprint density at radius 1 is 1.23 bits per heavy atom. The van der Waals surface area contributed by atoms with Gasteiger partial charge in [-0.15, -0.1) is 0 Å². The van der Waals surface area contributed by atoms with Crippen LogP contribution in [0.15, 0.2) is 42.5 Å². The van der Waals surface area contributed by atoms with Gasteiger partial charge in [0.25, 0.3) is 5.69 Å². The van der Waals surface area contributed by atoms with Crippen molar-refractivity contribution in [2.45, 2.75) is 13.0 Å². The van der Waals surface area contributed by atoms with Crippen LogP contribution >= 0.6 is 11.6 Å². The van der Waals surface area contributed by atoms with Crippen molar-refractivity contribution in [1.29, 1.82) is 0 Å². The summed E-state index contributed by atoms with van der Waals surface area (Å²) in [5.41, 5.74) is 3.03. The van der Waals surface area contributed by atoms with E-state index in [-0.39, 0.29) is 11.7 Å². The number of morpholine rings is 1. The number of nitrogens with one attached hydrogen (secondary N) is 1. The molecule has 0 radical (unpaired) electrons. The van der Waals surface area contributed by atoms with Crippen LogP contribution in [-0.4, -0.2) is 42.7 Å². The van der Waals surface area contributed by atoms with Crippen molar-refractivity contribution in [3.8, 4) is 0 Å². The number of ether oxygens (including phenoxy) is 1. The summed E-state index contributed by atoms with van der Waals surface area (Å²) in [6.07, 6.45) is 0. The summed E-state index contributed by atoms with van der Waals surface area (Å²) >= 11 is 6.27. The van der Waals surface area contributed by atoms with Gasteiger partial charge in [0, 0.05) is 31.8 Å². The highest BCUT2D eigenvalue weighted by atomic mass is 35.5. The molecule has 2 aromatic rings. The third kappa shape index (κ3) is 4.72. The Morgan fingerprint density at radius 2 is 1.92 bits per heavy atom. The Hall–Kier alpha value is -2.15. The predicted molar refractivity (Wildman–Crippen MR) is 103 cm³/mol. The lowest BCUT2D eigenvalue weighted by molar-refractivity contribution is -0.384. The zero-order valence-electron chi connectivity index (χ0n) is 14.7. The van der Waals surface area contributed by atoms with Gasteiger partial charge in [-0.2, -0.15) is 0 Å². The third-order valence-electron chi connectivity index (χ3n) is 4.52. The maximum Gasteiger partial charge on any atom is 0.271 e. The van der Waals surface area contributed by atoms with Crippen LogP contribution in [0.3, 0.4) is 0 Å². The third-order valence-corrected chi connectivity index (χ3v) is 4.83. The maximum atomic E-state index is 10.9. The number of non-ortho nitro benzene ring substituents is 1. The molecular weight excluding hydrogens is 354 g/mol. The van der Waals surface area contributed by atoms with E-state index in [1.54, 1.807) is 6.07 Å². The van der Waals surface area contributed by atoms with E-state index in [2.05, 4.69) is 41.4 Å². The molecule has 1 saturated heterocycles. The Balaban J connectivity index is 1.82. The Morgan fingerprint density at radius 3 is 2.54 bits per heavy atom. The summed E-state index contributed by atoms with van der Waals surface area (Å²) in [4.78, 5) is 12.8. The number of nitro groups is 1. The second-order valence-corrected chi connectivity index (χ2v) is 6.85. The van der Waals surface area contributed by atoms with Crippen molar-refractivity contribution in [1.82, 2.24) is 4.90 Å². The Labute approximate surface area is 157 Å². The number of nitrogens with zero attached hydrogens (tertiary/aromatic N) is 2. The summed E-state index contributed by atoms with van der Waals surface area (Å²) in [6, 6.07) is 12.9. The number of aryl methyl sites for hydroxylation is 1. The molecule has 1 heterocycles. The largest absolute Gasteiger partial charge is 0.379 e. The van der Waals surface area contributed by atoms with Crippen LogP contribution in [0, 0.1) is 17.0 Å². The lowest BCUT2D eigenvalue weighted by Gasteiger charge is -2.31. The van der Waals surface area contributed by atoms with Gasteiger partial charge in [0.05, 0.1) is 34.9 Å². The molecule has 1 N–H and O–H groups in total. The van der Waals surface area contributed by atoms with E-state index in [9.17, 15) is 10.1 Å². The molecule has 1 aliphatic rings. The van der Waals surface area contributed by atoms with Gasteiger partial charge >= 0.3 is 0 Å². The molecule has 0 aromatic heterocycles. The van der Waals surface area contributed by atoms with Crippen LogP contribution in [0.2, 0.25) is 5.02 Å². The first kappa shape index (κ1) is 18.6. The molecule has 0 amide bonds. The molecule has 0 saturated carbocycles. The summed E-state index contributed by atoms with van der Waals surface area (Å²) in [5, 5.41) is 14.7. The summed E-state index contributed by atoms with van der Waals surface area (Å²) in [5.74, 6) is 0. The molecular formula is C19H22ClN3O3. The molecule has 1 fully saturated rings. The van der Waals surface area contributed by atoms with Gasteiger partial charge < -0.3 is 10.1 Å². The molecule has 6 nitrogen and oxygen atoms in total. The first-order chi connectivity index (χ1) is 12.5. The zero-order valence-corrected chi connectivity index (χ0v) is 15.4. The molecule has 26 heavy (non-hydrogen) atoms. The Bertz CT molecular complexity index is 761. The van der Waals surface area contributed by atoms with Crippen LogP contribution in [0.1, 0.15) is 17.2 Å². The minimum atomic E-state index is -0.444. The molecule has 0 spiro atoms. The number of nitro benzene ring substituents is 1. The molecule has 0 unspecified atom stereocenters. The molecule has 2 aromatic carbocycles. The lowest BCUT2D eigenvalue weighted by Crippen LogP contribution is -2.40. The topological polar surface area (TPSA) is 67.6 Å². The fourth-order valence-corrected chi connectivity index (χ4v) is 3.23. The minimum Gasteiger partial charge on any atom is -0.379 e. The fraction of sp³-hybridized carbons (Fsp3) is 0.368. The van der Waals surface area contributed by atoms with Crippen LogP contribution in [0.25, 0.3) is 0 Å². The van der Waals surface area contributed by atoms with E-state index in [4.69, 9.17) is 16.3 Å². The van der Waals surface area contributed by atoms with Crippen molar-refractivity contribution in [2.24, 2.45) is 0 Å². The van der Waals surface area contributed by atoms with Crippen LogP contribution in [-0.2, 0) is 4.74 Å². The lowest BCUT2D eigenvalue weighted by atomic mass is 10.0. The smallest absolute Gasteiger partial charge is 0.271 e. The van der Waals surface area contributed by atoms with E-state index < -0.39 is 4.92 Å².